The molecule has 2 amide bonds. The number of carbonyl (C=O) groups is 2. The van der Waals surface area contributed by atoms with Gasteiger partial charge in [-0.1, -0.05) is 26.3 Å². The number of aromatic nitrogens is 1. The molecule has 1 aromatic rings. The average Bonchev–Trinajstić information content (AvgIpc) is 2.47. The van der Waals surface area contributed by atoms with Gasteiger partial charge in [0.1, 0.15) is 12.1 Å². The maximum Gasteiger partial charge on any atom is 0.246 e. The van der Waals surface area contributed by atoms with E-state index in [1.165, 1.54) is 0 Å². The molecule has 2 heterocycles. The topological polar surface area (TPSA) is 62.3 Å². The maximum absolute atomic E-state index is 12.6. The molecule has 0 saturated carbocycles. The van der Waals surface area contributed by atoms with E-state index in [4.69, 9.17) is 0 Å². The lowest BCUT2D eigenvalue weighted by Gasteiger charge is -2.39. The first-order valence-electron chi connectivity index (χ1n) is 7.04. The van der Waals surface area contributed by atoms with Gasteiger partial charge in [0, 0.05) is 18.9 Å². The van der Waals surface area contributed by atoms with Crippen LogP contribution >= 0.6 is 0 Å². The van der Waals surface area contributed by atoms with Crippen LogP contribution in [-0.2, 0) is 16.1 Å². The van der Waals surface area contributed by atoms with Crippen molar-refractivity contribution in [2.75, 3.05) is 0 Å². The first-order valence-corrected chi connectivity index (χ1v) is 7.04. The van der Waals surface area contributed by atoms with Gasteiger partial charge in [-0.3, -0.25) is 14.6 Å². The summed E-state index contributed by atoms with van der Waals surface area (Å²) >= 11 is 0. The third kappa shape index (κ3) is 2.81. The largest absolute Gasteiger partial charge is 0.342 e. The smallest absolute Gasteiger partial charge is 0.246 e. The van der Waals surface area contributed by atoms with Crippen LogP contribution in [0.15, 0.2) is 24.5 Å². The average molecular weight is 275 g/mol. The van der Waals surface area contributed by atoms with Gasteiger partial charge >= 0.3 is 0 Å². The highest BCUT2D eigenvalue weighted by atomic mass is 16.2. The van der Waals surface area contributed by atoms with E-state index in [-0.39, 0.29) is 17.7 Å². The summed E-state index contributed by atoms with van der Waals surface area (Å²) in [4.78, 5) is 30.3. The molecule has 5 heteroatoms. The summed E-state index contributed by atoms with van der Waals surface area (Å²) in [7, 11) is 0. The normalized spacial score (nSPS) is 24.4. The zero-order valence-corrected chi connectivity index (χ0v) is 12.2. The van der Waals surface area contributed by atoms with Crippen LogP contribution in [0.25, 0.3) is 0 Å². The maximum atomic E-state index is 12.6. The number of nitrogens with one attached hydrogen (secondary N) is 1. The second-order valence-electron chi connectivity index (χ2n) is 5.38. The van der Waals surface area contributed by atoms with Crippen molar-refractivity contribution >= 4 is 11.8 Å². The summed E-state index contributed by atoms with van der Waals surface area (Å²) in [5, 5.41) is 2.84. The third-order valence-corrected chi connectivity index (χ3v) is 3.98. The highest BCUT2D eigenvalue weighted by molar-refractivity contribution is 5.96. The van der Waals surface area contributed by atoms with E-state index in [0.717, 1.165) is 12.0 Å². The van der Waals surface area contributed by atoms with E-state index in [1.54, 1.807) is 24.2 Å². The van der Waals surface area contributed by atoms with Crippen LogP contribution in [-0.4, -0.2) is 33.8 Å². The van der Waals surface area contributed by atoms with Crippen molar-refractivity contribution in [3.8, 4) is 0 Å². The number of pyridine rings is 1. The quantitative estimate of drug-likeness (QED) is 0.902. The van der Waals surface area contributed by atoms with Crippen molar-refractivity contribution in [3.05, 3.63) is 30.1 Å². The summed E-state index contributed by atoms with van der Waals surface area (Å²) in [6.45, 7) is 6.19. The molecule has 1 saturated heterocycles. The molecule has 0 aromatic carbocycles. The Morgan fingerprint density at radius 2 is 2.20 bits per heavy atom. The number of piperazine rings is 1. The number of hydrogen-bond acceptors (Lipinski definition) is 3. The number of carbonyl (C=O) groups excluding carboxylic acids is 2. The molecule has 0 radical (unpaired) electrons. The molecule has 20 heavy (non-hydrogen) atoms. The highest BCUT2D eigenvalue weighted by Gasteiger charge is 2.39. The minimum atomic E-state index is -0.442. The zero-order chi connectivity index (χ0) is 14.7. The first kappa shape index (κ1) is 14.5. The van der Waals surface area contributed by atoms with Crippen molar-refractivity contribution in [2.45, 2.75) is 45.8 Å². The van der Waals surface area contributed by atoms with Gasteiger partial charge < -0.3 is 10.2 Å². The lowest BCUT2D eigenvalue weighted by atomic mass is 9.94. The zero-order valence-electron chi connectivity index (χ0n) is 12.2. The molecule has 1 N–H and O–H groups in total. The fourth-order valence-electron chi connectivity index (χ4n) is 2.37. The number of amides is 2. The summed E-state index contributed by atoms with van der Waals surface area (Å²) in [6.07, 6.45) is 4.27. The number of nitrogens with zero attached hydrogens (tertiary/aromatic N) is 2. The Kier molecular flexibility index (Phi) is 4.37. The van der Waals surface area contributed by atoms with E-state index in [9.17, 15) is 9.59 Å². The van der Waals surface area contributed by atoms with Gasteiger partial charge in [-0.15, -0.1) is 0 Å². The van der Waals surface area contributed by atoms with Crippen LogP contribution in [0.2, 0.25) is 0 Å². The Balaban J connectivity index is 2.20. The molecule has 0 aliphatic carbocycles. The Morgan fingerprint density at radius 3 is 2.80 bits per heavy atom. The molecule has 3 unspecified atom stereocenters. The third-order valence-electron chi connectivity index (χ3n) is 3.98. The predicted molar refractivity (Wildman–Crippen MR) is 75.6 cm³/mol. The molecule has 108 valence electrons. The van der Waals surface area contributed by atoms with Gasteiger partial charge in [0.05, 0.1) is 0 Å². The minimum absolute atomic E-state index is 0.00435. The molecule has 0 spiro atoms. The second-order valence-corrected chi connectivity index (χ2v) is 5.38. The van der Waals surface area contributed by atoms with E-state index >= 15 is 0 Å². The fraction of sp³-hybridized carbons (Fsp3) is 0.533. The van der Waals surface area contributed by atoms with Crippen molar-refractivity contribution < 1.29 is 9.59 Å². The Labute approximate surface area is 119 Å². The Morgan fingerprint density at radius 1 is 1.45 bits per heavy atom. The first-order chi connectivity index (χ1) is 9.54. The van der Waals surface area contributed by atoms with Gasteiger partial charge in [-0.2, -0.15) is 0 Å². The van der Waals surface area contributed by atoms with Crippen molar-refractivity contribution in [1.29, 1.82) is 0 Å². The van der Waals surface area contributed by atoms with E-state index in [1.807, 2.05) is 26.0 Å². The standard InChI is InChI=1S/C15H21N3O2/c1-4-10(2)13-15(20)18(11(3)14(19)17-13)9-12-6-5-7-16-8-12/h5-8,10-11,13H,4,9H2,1-3H3,(H,17,19). The monoisotopic (exact) mass is 275 g/mol. The van der Waals surface area contributed by atoms with Crippen LogP contribution in [0.5, 0.6) is 0 Å². The molecule has 1 aromatic heterocycles. The predicted octanol–water partition coefficient (Wildman–Crippen LogP) is 1.34. The Bertz CT molecular complexity index is 489. The molecule has 1 aliphatic heterocycles. The molecule has 2 rings (SSSR count). The molecule has 5 nitrogen and oxygen atoms in total. The van der Waals surface area contributed by atoms with Gasteiger partial charge in [0.2, 0.25) is 11.8 Å². The number of hydrogen-bond donors (Lipinski definition) is 1. The fourth-order valence-corrected chi connectivity index (χ4v) is 2.37. The molecule has 0 bridgehead atoms. The summed E-state index contributed by atoms with van der Waals surface area (Å²) < 4.78 is 0. The number of rotatable bonds is 4. The lowest BCUT2D eigenvalue weighted by molar-refractivity contribution is -0.150. The molecule has 3 atom stereocenters. The van der Waals surface area contributed by atoms with Crippen LogP contribution in [0.1, 0.15) is 32.8 Å². The van der Waals surface area contributed by atoms with Crippen LogP contribution in [0.3, 0.4) is 0 Å². The van der Waals surface area contributed by atoms with Crippen molar-refractivity contribution in [3.63, 3.8) is 0 Å². The second kappa shape index (κ2) is 6.03. The molecule has 1 fully saturated rings. The Hall–Kier alpha value is -1.91. The van der Waals surface area contributed by atoms with E-state index in [0.29, 0.717) is 6.54 Å². The summed E-state index contributed by atoms with van der Waals surface area (Å²) in [5.74, 6) is 0.0458. The van der Waals surface area contributed by atoms with Crippen LogP contribution < -0.4 is 5.32 Å². The SMILES string of the molecule is CCC(C)C1NC(=O)C(C)N(Cc2cccnc2)C1=O. The van der Waals surface area contributed by atoms with Crippen LogP contribution in [0, 0.1) is 5.92 Å². The lowest BCUT2D eigenvalue weighted by Crippen LogP contribution is -2.63. The highest BCUT2D eigenvalue weighted by Crippen LogP contribution is 2.19. The van der Waals surface area contributed by atoms with Gasteiger partial charge in [0.15, 0.2) is 0 Å². The van der Waals surface area contributed by atoms with Gasteiger partial charge in [-0.25, -0.2) is 0 Å². The van der Waals surface area contributed by atoms with Crippen molar-refractivity contribution in [1.82, 2.24) is 15.2 Å². The van der Waals surface area contributed by atoms with Gasteiger partial charge in [-0.05, 0) is 24.5 Å². The van der Waals surface area contributed by atoms with E-state index in [2.05, 4.69) is 10.3 Å². The minimum Gasteiger partial charge on any atom is -0.342 e. The molecular formula is C15H21N3O2. The van der Waals surface area contributed by atoms with Crippen LogP contribution in [0.4, 0.5) is 0 Å². The van der Waals surface area contributed by atoms with Crippen molar-refractivity contribution in [2.24, 2.45) is 5.92 Å². The summed E-state index contributed by atoms with van der Waals surface area (Å²) in [6, 6.07) is 2.89. The van der Waals surface area contributed by atoms with E-state index < -0.39 is 12.1 Å². The molecule has 1 aliphatic rings. The summed E-state index contributed by atoms with van der Waals surface area (Å²) in [5.41, 5.74) is 0.935. The molecular weight excluding hydrogens is 254 g/mol. The van der Waals surface area contributed by atoms with Gasteiger partial charge in [0.25, 0.3) is 0 Å².